The van der Waals surface area contributed by atoms with Crippen LogP contribution in [0.1, 0.15) is 38.5 Å². The molecule has 0 aromatic heterocycles. The second kappa shape index (κ2) is 6.78. The number of amidine groups is 1. The Balaban J connectivity index is 1.77. The van der Waals surface area contributed by atoms with Gasteiger partial charge in [0, 0.05) is 11.8 Å². The molecular weight excluding hydrogens is 250 g/mol. The van der Waals surface area contributed by atoms with Crippen LogP contribution in [0.5, 0.6) is 0 Å². The van der Waals surface area contributed by atoms with Gasteiger partial charge in [-0.1, -0.05) is 37.4 Å². The van der Waals surface area contributed by atoms with Crippen molar-refractivity contribution in [1.29, 1.82) is 0 Å². The van der Waals surface area contributed by atoms with E-state index in [1.807, 2.05) is 0 Å². The zero-order chi connectivity index (χ0) is 12.8. The van der Waals surface area contributed by atoms with Gasteiger partial charge in [-0.15, -0.1) is 0 Å². The Morgan fingerprint density at radius 3 is 2.44 bits per heavy atom. The average molecular weight is 269 g/mol. The van der Waals surface area contributed by atoms with Crippen molar-refractivity contribution in [3.63, 3.8) is 0 Å². The van der Waals surface area contributed by atoms with Crippen molar-refractivity contribution in [2.45, 2.75) is 44.6 Å². The third kappa shape index (κ3) is 4.01. The molecule has 1 saturated carbocycles. The zero-order valence-corrected chi connectivity index (χ0v) is 11.2. The van der Waals surface area contributed by atoms with Crippen molar-refractivity contribution >= 4 is 28.7 Å². The highest BCUT2D eigenvalue weighted by atomic mass is 32.2. The highest BCUT2D eigenvalue weighted by Gasteiger charge is 2.21. The number of hydrogen-bond donors (Lipinski definition) is 2. The van der Waals surface area contributed by atoms with Gasteiger partial charge in [0.25, 0.3) is 0 Å². The summed E-state index contributed by atoms with van der Waals surface area (Å²) < 4.78 is 0. The molecule has 0 atom stereocenters. The maximum atomic E-state index is 11.7. The number of nitrogens with one attached hydrogen (secondary N) is 2. The molecule has 1 fully saturated rings. The zero-order valence-electron chi connectivity index (χ0n) is 10.4. The van der Waals surface area contributed by atoms with Gasteiger partial charge in [-0.05, 0) is 12.8 Å². The van der Waals surface area contributed by atoms with Crippen molar-refractivity contribution in [1.82, 2.24) is 10.6 Å². The minimum Gasteiger partial charge on any atom is -0.345 e. The minimum atomic E-state index is -0.590. The van der Waals surface area contributed by atoms with Gasteiger partial charge in [0.15, 0.2) is 5.17 Å². The first-order valence-electron chi connectivity index (χ1n) is 6.55. The van der Waals surface area contributed by atoms with Crippen molar-refractivity contribution in [2.75, 3.05) is 12.3 Å². The molecule has 0 bridgehead atoms. The van der Waals surface area contributed by atoms with Crippen LogP contribution in [0.2, 0.25) is 0 Å². The molecule has 18 heavy (non-hydrogen) atoms. The monoisotopic (exact) mass is 269 g/mol. The van der Waals surface area contributed by atoms with Gasteiger partial charge in [-0.25, -0.2) is 0 Å². The number of rotatable bonds is 1. The lowest BCUT2D eigenvalue weighted by Gasteiger charge is -2.15. The van der Waals surface area contributed by atoms with E-state index in [1.165, 1.54) is 24.6 Å². The summed E-state index contributed by atoms with van der Waals surface area (Å²) in [6, 6.07) is 0.156. The van der Waals surface area contributed by atoms with E-state index >= 15 is 0 Å². The van der Waals surface area contributed by atoms with Crippen molar-refractivity contribution in [2.24, 2.45) is 4.99 Å². The van der Waals surface area contributed by atoms with E-state index in [0.717, 1.165) is 31.4 Å². The fraction of sp³-hybridized carbons (Fsp3) is 0.750. The van der Waals surface area contributed by atoms with Crippen LogP contribution in [0, 0.1) is 0 Å². The maximum Gasteiger partial charge on any atom is 0.315 e. The molecule has 5 nitrogen and oxygen atoms in total. The Hall–Kier alpha value is -1.04. The Morgan fingerprint density at radius 1 is 1.11 bits per heavy atom. The second-order valence-corrected chi connectivity index (χ2v) is 5.74. The van der Waals surface area contributed by atoms with Crippen LogP contribution in [0.3, 0.4) is 0 Å². The first-order valence-corrected chi connectivity index (χ1v) is 7.53. The highest BCUT2D eigenvalue weighted by Crippen LogP contribution is 2.17. The molecule has 0 aromatic rings. The van der Waals surface area contributed by atoms with E-state index in [9.17, 15) is 9.59 Å². The molecule has 1 aliphatic heterocycles. The lowest BCUT2D eigenvalue weighted by atomic mass is 10.1. The number of carbonyl (C=O) groups is 2. The summed E-state index contributed by atoms with van der Waals surface area (Å²) in [7, 11) is 0. The van der Waals surface area contributed by atoms with E-state index < -0.39 is 11.8 Å². The summed E-state index contributed by atoms with van der Waals surface area (Å²) >= 11 is 1.48. The van der Waals surface area contributed by atoms with E-state index in [4.69, 9.17) is 0 Å². The second-order valence-electron chi connectivity index (χ2n) is 4.65. The van der Waals surface area contributed by atoms with Crippen LogP contribution >= 0.6 is 11.8 Å². The highest BCUT2D eigenvalue weighted by molar-refractivity contribution is 8.14. The predicted octanol–water partition coefficient (Wildman–Crippen LogP) is 1.04. The topological polar surface area (TPSA) is 70.6 Å². The summed E-state index contributed by atoms with van der Waals surface area (Å²) in [5.74, 6) is -0.246. The number of thioether (sulfide) groups is 1. The summed E-state index contributed by atoms with van der Waals surface area (Å²) in [6.45, 7) is 0.713. The van der Waals surface area contributed by atoms with Crippen LogP contribution in [0.15, 0.2) is 4.99 Å². The van der Waals surface area contributed by atoms with E-state index in [-0.39, 0.29) is 6.04 Å². The molecule has 0 aromatic carbocycles. The predicted molar refractivity (Wildman–Crippen MR) is 72.5 cm³/mol. The summed E-state index contributed by atoms with van der Waals surface area (Å²) in [5.41, 5.74) is 0. The molecule has 2 N–H and O–H groups in total. The first kappa shape index (κ1) is 13.4. The number of carbonyl (C=O) groups excluding carboxylic acids is 2. The van der Waals surface area contributed by atoms with Gasteiger partial charge in [-0.3, -0.25) is 19.9 Å². The molecule has 2 amide bonds. The van der Waals surface area contributed by atoms with Crippen LogP contribution in [0.4, 0.5) is 0 Å². The van der Waals surface area contributed by atoms with E-state index in [2.05, 4.69) is 15.6 Å². The Bertz CT molecular complexity index is 349. The summed E-state index contributed by atoms with van der Waals surface area (Å²) in [4.78, 5) is 27.5. The Morgan fingerprint density at radius 2 is 1.83 bits per heavy atom. The van der Waals surface area contributed by atoms with Gasteiger partial charge in [0.2, 0.25) is 0 Å². The molecule has 0 spiro atoms. The van der Waals surface area contributed by atoms with E-state index in [1.54, 1.807) is 0 Å². The lowest BCUT2D eigenvalue weighted by Crippen LogP contribution is -2.45. The number of aliphatic imine (C=N–C) groups is 1. The van der Waals surface area contributed by atoms with Crippen molar-refractivity contribution < 1.29 is 9.59 Å². The normalized spacial score (nSPS) is 21.0. The molecule has 1 heterocycles. The molecule has 0 unspecified atom stereocenters. The van der Waals surface area contributed by atoms with Gasteiger partial charge in [-0.2, -0.15) is 0 Å². The molecule has 100 valence electrons. The van der Waals surface area contributed by atoms with Gasteiger partial charge in [0.05, 0.1) is 6.54 Å². The maximum absolute atomic E-state index is 11.7. The van der Waals surface area contributed by atoms with Crippen LogP contribution in [-0.4, -0.2) is 35.3 Å². The molecule has 6 heteroatoms. The average Bonchev–Trinajstić information content (AvgIpc) is 2.72. The van der Waals surface area contributed by atoms with Crippen LogP contribution in [0.25, 0.3) is 0 Å². The standard InChI is InChI=1S/C12H19N3O2S/c16-10(11(17)15-12-13-7-8-18-12)14-9-5-3-1-2-4-6-9/h9H,1-8H2,(H,14,16)(H,13,15,17). The third-order valence-electron chi connectivity index (χ3n) is 3.20. The molecular formula is C12H19N3O2S. The molecule has 2 aliphatic rings. The Kier molecular flexibility index (Phi) is 5.04. The quantitative estimate of drug-likeness (QED) is 0.552. The van der Waals surface area contributed by atoms with E-state index in [0.29, 0.717) is 11.7 Å². The SMILES string of the molecule is O=C(NC1=NCCS1)C(=O)NC1CCCCCC1. The first-order chi connectivity index (χ1) is 8.75. The lowest BCUT2D eigenvalue weighted by molar-refractivity contribution is -0.138. The van der Waals surface area contributed by atoms with Gasteiger partial charge >= 0.3 is 11.8 Å². The smallest absolute Gasteiger partial charge is 0.315 e. The van der Waals surface area contributed by atoms with Gasteiger partial charge in [0.1, 0.15) is 0 Å². The fourth-order valence-corrected chi connectivity index (χ4v) is 2.96. The van der Waals surface area contributed by atoms with Gasteiger partial charge < -0.3 is 5.32 Å². The number of amides is 2. The van der Waals surface area contributed by atoms with Crippen LogP contribution < -0.4 is 10.6 Å². The summed E-state index contributed by atoms with van der Waals surface area (Å²) in [6.07, 6.45) is 6.69. The third-order valence-corrected chi connectivity index (χ3v) is 4.09. The molecule has 1 aliphatic carbocycles. The summed E-state index contributed by atoms with van der Waals surface area (Å²) in [5, 5.41) is 5.93. The minimum absolute atomic E-state index is 0.156. The number of nitrogens with zero attached hydrogens (tertiary/aromatic N) is 1. The van der Waals surface area contributed by atoms with Crippen molar-refractivity contribution in [3.05, 3.63) is 0 Å². The van der Waals surface area contributed by atoms with Crippen molar-refractivity contribution in [3.8, 4) is 0 Å². The molecule has 0 saturated heterocycles. The largest absolute Gasteiger partial charge is 0.345 e. The number of hydrogen-bond acceptors (Lipinski definition) is 4. The van der Waals surface area contributed by atoms with Crippen LogP contribution in [-0.2, 0) is 9.59 Å². The Labute approximate surface area is 111 Å². The molecule has 0 radical (unpaired) electrons. The molecule has 2 rings (SSSR count). The fourth-order valence-electron chi connectivity index (χ4n) is 2.24.